The monoisotopic (exact) mass is 255 g/mol. The maximum Gasteiger partial charge on any atom is 0.263 e. The van der Waals surface area contributed by atoms with Gasteiger partial charge in [-0.2, -0.15) is 0 Å². The van der Waals surface area contributed by atoms with E-state index < -0.39 is 17.3 Å². The Hall–Kier alpha value is -1.32. The molecule has 2 aliphatic rings. The van der Waals surface area contributed by atoms with Gasteiger partial charge in [0.05, 0.1) is 5.41 Å². The number of carbonyl (C=O) groups is 1. The lowest BCUT2D eigenvalue weighted by Crippen LogP contribution is -2.26. The molecule has 4 heteroatoms. The van der Waals surface area contributed by atoms with Gasteiger partial charge in [-0.15, -0.1) is 13.2 Å². The molecule has 0 aliphatic heterocycles. The topological polar surface area (TPSA) is 29.4 Å². The number of carbonyl (C=O) groups excluding carboxylic acids is 1. The number of Topliss-reactive ketones (excluding diaryl/α,β-unsaturated/α-hetero) is 1. The van der Waals surface area contributed by atoms with E-state index in [9.17, 15) is 13.6 Å². The fraction of sp³-hybridized carbons (Fsp3) is 0.571. The summed E-state index contributed by atoms with van der Waals surface area (Å²) in [6.07, 6.45) is 2.30. The zero-order valence-electron chi connectivity index (χ0n) is 10.7. The molecule has 2 fully saturated rings. The van der Waals surface area contributed by atoms with Gasteiger partial charge in [0.2, 0.25) is 0 Å². The van der Waals surface area contributed by atoms with Crippen LogP contribution in [0.2, 0.25) is 0 Å². The lowest BCUT2D eigenvalue weighted by molar-refractivity contribution is -0.120. The highest BCUT2D eigenvalue weighted by Crippen LogP contribution is 2.72. The molecule has 0 heterocycles. The lowest BCUT2D eigenvalue weighted by Gasteiger charge is -2.20. The normalized spacial score (nSPS) is 32.9. The molecule has 2 nitrogen and oxygen atoms in total. The average molecular weight is 255 g/mol. The van der Waals surface area contributed by atoms with E-state index in [0.717, 1.165) is 0 Å². The molecule has 2 rings (SSSR count). The molecule has 0 bridgehead atoms. The fourth-order valence-electron chi connectivity index (χ4n) is 3.01. The van der Waals surface area contributed by atoms with Crippen LogP contribution in [0.15, 0.2) is 30.9 Å². The third-order valence-corrected chi connectivity index (χ3v) is 3.87. The molecule has 0 radical (unpaired) electrons. The average Bonchev–Trinajstić information content (AvgIpc) is 2.86. The van der Waals surface area contributed by atoms with Gasteiger partial charge in [0, 0.05) is 30.7 Å². The first-order chi connectivity index (χ1) is 8.50. The number of nitrogens with zero attached hydrogens (tertiary/aromatic N) is 1. The number of alkyl halides is 2. The predicted molar refractivity (Wildman–Crippen MR) is 68.9 cm³/mol. The van der Waals surface area contributed by atoms with E-state index in [4.69, 9.17) is 0 Å². The fourth-order valence-corrected chi connectivity index (χ4v) is 3.01. The summed E-state index contributed by atoms with van der Waals surface area (Å²) < 4.78 is 27.6. The van der Waals surface area contributed by atoms with E-state index in [1.54, 1.807) is 0 Å². The molecule has 0 aromatic rings. The van der Waals surface area contributed by atoms with Gasteiger partial charge in [-0.25, -0.2) is 8.78 Å². The maximum atomic E-state index is 13.8. The second-order valence-electron chi connectivity index (χ2n) is 4.50. The van der Waals surface area contributed by atoms with Gasteiger partial charge in [0.15, 0.2) is 0 Å². The highest BCUT2D eigenvalue weighted by atomic mass is 19.3. The summed E-state index contributed by atoms with van der Waals surface area (Å²) >= 11 is 0. The molecule has 18 heavy (non-hydrogen) atoms. The summed E-state index contributed by atoms with van der Waals surface area (Å²) in [5.74, 6) is -3.62. The first kappa shape index (κ1) is 14.7. The molecular weight excluding hydrogens is 236 g/mol. The minimum Gasteiger partial charge on any atom is -0.300 e. The highest BCUT2D eigenvalue weighted by Gasteiger charge is 2.82. The highest BCUT2D eigenvalue weighted by molar-refractivity contribution is 5.98. The molecule has 0 saturated heterocycles. The number of fused-ring (bicyclic) bond motifs is 1. The molecule has 2 atom stereocenters. The van der Waals surface area contributed by atoms with Crippen LogP contribution in [-0.2, 0) is 4.79 Å². The Bertz CT molecular complexity index is 389. The van der Waals surface area contributed by atoms with Crippen LogP contribution in [0.25, 0.3) is 0 Å². The van der Waals surface area contributed by atoms with Gasteiger partial charge in [0.1, 0.15) is 5.78 Å². The van der Waals surface area contributed by atoms with Gasteiger partial charge in [-0.3, -0.25) is 9.79 Å². The Kier molecular flexibility index (Phi) is 4.20. The summed E-state index contributed by atoms with van der Waals surface area (Å²) in [5, 5.41) is 0. The Morgan fingerprint density at radius 2 is 2.17 bits per heavy atom. The van der Waals surface area contributed by atoms with Crippen molar-refractivity contribution < 1.29 is 13.6 Å². The van der Waals surface area contributed by atoms with Gasteiger partial charge < -0.3 is 0 Å². The Labute approximate surface area is 106 Å². The van der Waals surface area contributed by atoms with Crippen molar-refractivity contribution in [2.45, 2.75) is 38.5 Å². The van der Waals surface area contributed by atoms with Crippen LogP contribution in [-0.4, -0.2) is 17.4 Å². The number of hydrogen-bond donors (Lipinski definition) is 0. The molecule has 2 saturated carbocycles. The summed E-state index contributed by atoms with van der Waals surface area (Å²) in [6, 6.07) is 0. The molecule has 0 N–H and O–H groups in total. The second-order valence-corrected chi connectivity index (χ2v) is 4.50. The Morgan fingerprint density at radius 1 is 1.56 bits per heavy atom. The van der Waals surface area contributed by atoms with E-state index in [1.165, 1.54) is 6.20 Å². The van der Waals surface area contributed by atoms with Crippen molar-refractivity contribution in [3.8, 4) is 0 Å². The smallest absolute Gasteiger partial charge is 0.263 e. The van der Waals surface area contributed by atoms with Crippen molar-refractivity contribution in [3.05, 3.63) is 25.9 Å². The standard InChI is InChI=1S/C12H15F2NO.C2H4/c1-3-10(15-4-2)11-6-5-8(16)7-9(11)12(11,13)14;1-2/h4,9H,2-3,5-7H2,1H3;1-2H2. The summed E-state index contributed by atoms with van der Waals surface area (Å²) in [6.45, 7) is 11.3. The van der Waals surface area contributed by atoms with Crippen LogP contribution < -0.4 is 0 Å². The molecule has 2 unspecified atom stereocenters. The Morgan fingerprint density at radius 3 is 2.61 bits per heavy atom. The van der Waals surface area contributed by atoms with E-state index >= 15 is 0 Å². The number of aliphatic imine (C=N–C) groups is 1. The van der Waals surface area contributed by atoms with Crippen molar-refractivity contribution >= 4 is 11.5 Å². The van der Waals surface area contributed by atoms with Crippen molar-refractivity contribution in [1.82, 2.24) is 0 Å². The minimum atomic E-state index is -2.75. The van der Waals surface area contributed by atoms with Gasteiger partial charge in [-0.05, 0) is 12.8 Å². The van der Waals surface area contributed by atoms with Crippen molar-refractivity contribution in [2.75, 3.05) is 0 Å². The molecule has 0 amide bonds. The SMILES string of the molecule is C=C.C=CN=C(CC)C12CCC(=O)CC1C2(F)F. The van der Waals surface area contributed by atoms with E-state index in [1.807, 2.05) is 6.92 Å². The number of ketones is 1. The summed E-state index contributed by atoms with van der Waals surface area (Å²) in [7, 11) is 0. The van der Waals surface area contributed by atoms with Crippen LogP contribution >= 0.6 is 0 Å². The maximum absolute atomic E-state index is 13.8. The van der Waals surface area contributed by atoms with Crippen molar-refractivity contribution in [1.29, 1.82) is 0 Å². The number of hydrogen-bond acceptors (Lipinski definition) is 2. The van der Waals surface area contributed by atoms with Crippen LogP contribution in [0.4, 0.5) is 8.78 Å². The van der Waals surface area contributed by atoms with E-state index in [-0.39, 0.29) is 25.0 Å². The van der Waals surface area contributed by atoms with E-state index in [0.29, 0.717) is 12.1 Å². The quantitative estimate of drug-likeness (QED) is 0.557. The van der Waals surface area contributed by atoms with Crippen LogP contribution in [0, 0.1) is 11.3 Å². The third kappa shape index (κ3) is 1.84. The number of halogens is 2. The largest absolute Gasteiger partial charge is 0.300 e. The first-order valence-electron chi connectivity index (χ1n) is 6.08. The minimum absolute atomic E-state index is 0.00314. The Balaban J connectivity index is 0.000000771. The van der Waals surface area contributed by atoms with Gasteiger partial charge >= 0.3 is 0 Å². The molecule has 0 aromatic carbocycles. The molecule has 0 spiro atoms. The molecule has 100 valence electrons. The molecular formula is C14H19F2NO. The van der Waals surface area contributed by atoms with Gasteiger partial charge in [0.25, 0.3) is 5.92 Å². The second kappa shape index (κ2) is 5.12. The summed E-state index contributed by atoms with van der Waals surface area (Å²) in [5.41, 5.74) is -0.630. The van der Waals surface area contributed by atoms with Crippen LogP contribution in [0.1, 0.15) is 32.6 Å². The molecule has 0 aromatic heterocycles. The van der Waals surface area contributed by atoms with Gasteiger partial charge in [-0.1, -0.05) is 13.5 Å². The predicted octanol–water partition coefficient (Wildman–Crippen LogP) is 3.79. The summed E-state index contributed by atoms with van der Waals surface area (Å²) in [4.78, 5) is 15.2. The molecule has 2 aliphatic carbocycles. The number of rotatable bonds is 3. The zero-order chi connectivity index (χ0) is 14.0. The lowest BCUT2D eigenvalue weighted by atomic mass is 9.83. The van der Waals surface area contributed by atoms with Crippen molar-refractivity contribution in [3.63, 3.8) is 0 Å². The first-order valence-corrected chi connectivity index (χ1v) is 6.08. The third-order valence-electron chi connectivity index (χ3n) is 3.87. The van der Waals surface area contributed by atoms with Crippen LogP contribution in [0.3, 0.4) is 0 Å². The van der Waals surface area contributed by atoms with Crippen LogP contribution in [0.5, 0.6) is 0 Å². The zero-order valence-corrected chi connectivity index (χ0v) is 10.7. The van der Waals surface area contributed by atoms with E-state index in [2.05, 4.69) is 24.7 Å². The van der Waals surface area contributed by atoms with Crippen molar-refractivity contribution in [2.24, 2.45) is 16.3 Å².